The van der Waals surface area contributed by atoms with E-state index in [2.05, 4.69) is 29.3 Å². The summed E-state index contributed by atoms with van der Waals surface area (Å²) in [4.78, 5) is 4.71. The summed E-state index contributed by atoms with van der Waals surface area (Å²) in [5, 5.41) is 0. The van der Waals surface area contributed by atoms with Crippen LogP contribution >= 0.6 is 0 Å². The normalized spacial score (nSPS) is 25.0. The van der Waals surface area contributed by atoms with Gasteiger partial charge in [-0.15, -0.1) is 0 Å². The molecule has 1 aromatic heterocycles. The van der Waals surface area contributed by atoms with Gasteiger partial charge in [-0.25, -0.2) is 0 Å². The molecule has 96 valence electrons. The number of furan rings is 1. The summed E-state index contributed by atoms with van der Waals surface area (Å²) in [5.74, 6) is 6.67. The van der Waals surface area contributed by atoms with Gasteiger partial charge in [0.25, 0.3) is 0 Å². The average molecular weight is 238 g/mol. The van der Waals surface area contributed by atoms with Crippen molar-refractivity contribution in [3.05, 3.63) is 24.2 Å². The molecule has 1 aliphatic heterocycles. The minimum Gasteiger partial charge on any atom is -0.469 e. The number of piperazine rings is 1. The molecule has 0 spiro atoms. The Balaban J connectivity index is 2.01. The lowest BCUT2D eigenvalue weighted by Gasteiger charge is -2.41. The summed E-state index contributed by atoms with van der Waals surface area (Å²) in [6, 6.07) is 4.55. The predicted octanol–water partition coefficient (Wildman–Crippen LogP) is -0.100. The molecule has 1 aromatic rings. The van der Waals surface area contributed by atoms with Crippen LogP contribution in [0.15, 0.2) is 22.8 Å². The maximum atomic E-state index is 5.69. The zero-order valence-corrected chi connectivity index (χ0v) is 10.6. The highest BCUT2D eigenvalue weighted by atomic mass is 16.3. The molecule has 1 aliphatic rings. The number of rotatable bonds is 4. The van der Waals surface area contributed by atoms with Crippen LogP contribution in [0.3, 0.4) is 0 Å². The van der Waals surface area contributed by atoms with Gasteiger partial charge in [0.2, 0.25) is 0 Å². The number of nitrogens with two attached hydrogens (primary N) is 1. The Morgan fingerprint density at radius 3 is 3.00 bits per heavy atom. The molecule has 0 saturated carbocycles. The van der Waals surface area contributed by atoms with Crippen molar-refractivity contribution in [3.8, 4) is 0 Å². The smallest absolute Gasteiger partial charge is 0.105 e. The Morgan fingerprint density at radius 1 is 1.53 bits per heavy atom. The molecule has 3 N–H and O–H groups in total. The quantitative estimate of drug-likeness (QED) is 0.567. The molecule has 2 atom stereocenters. The van der Waals surface area contributed by atoms with Gasteiger partial charge in [-0.1, -0.05) is 0 Å². The fraction of sp³-hybridized carbons (Fsp3) is 0.667. The third-order valence-corrected chi connectivity index (χ3v) is 3.58. The van der Waals surface area contributed by atoms with Crippen molar-refractivity contribution in [2.45, 2.75) is 18.5 Å². The minimum absolute atomic E-state index is 0.217. The Hall–Kier alpha value is -0.880. The largest absolute Gasteiger partial charge is 0.469 e. The lowest BCUT2D eigenvalue weighted by molar-refractivity contribution is 0.0862. The van der Waals surface area contributed by atoms with Crippen LogP contribution in [0.1, 0.15) is 5.76 Å². The van der Waals surface area contributed by atoms with E-state index >= 15 is 0 Å². The van der Waals surface area contributed by atoms with Crippen molar-refractivity contribution in [3.63, 3.8) is 0 Å². The van der Waals surface area contributed by atoms with Gasteiger partial charge in [0.1, 0.15) is 5.76 Å². The lowest BCUT2D eigenvalue weighted by Crippen LogP contribution is -2.60. The highest BCUT2D eigenvalue weighted by Crippen LogP contribution is 2.14. The molecule has 1 fully saturated rings. The van der Waals surface area contributed by atoms with E-state index in [1.807, 2.05) is 12.1 Å². The Labute approximate surface area is 103 Å². The SMILES string of the molecule is CN1CCN(C)C(C(Cc2ccco2)NN)C1. The van der Waals surface area contributed by atoms with E-state index in [1.165, 1.54) is 0 Å². The van der Waals surface area contributed by atoms with Crippen LogP contribution < -0.4 is 11.3 Å². The molecular formula is C12H22N4O. The number of hydrazine groups is 1. The third kappa shape index (κ3) is 3.07. The minimum atomic E-state index is 0.217. The number of nitrogens with one attached hydrogen (secondary N) is 1. The summed E-state index contributed by atoms with van der Waals surface area (Å²) in [5.41, 5.74) is 2.93. The van der Waals surface area contributed by atoms with E-state index in [9.17, 15) is 0 Å². The van der Waals surface area contributed by atoms with Crippen LogP contribution in [0.5, 0.6) is 0 Å². The molecule has 2 rings (SSSR count). The summed E-state index contributed by atoms with van der Waals surface area (Å²) in [6.45, 7) is 3.23. The summed E-state index contributed by atoms with van der Waals surface area (Å²) in [7, 11) is 4.31. The van der Waals surface area contributed by atoms with Gasteiger partial charge >= 0.3 is 0 Å². The Kier molecular flexibility index (Phi) is 4.17. The van der Waals surface area contributed by atoms with Gasteiger partial charge < -0.3 is 9.32 Å². The highest BCUT2D eigenvalue weighted by Gasteiger charge is 2.29. The van der Waals surface area contributed by atoms with E-state index in [0.29, 0.717) is 6.04 Å². The first-order chi connectivity index (χ1) is 8.20. The van der Waals surface area contributed by atoms with E-state index in [0.717, 1.165) is 31.8 Å². The maximum absolute atomic E-state index is 5.69. The van der Waals surface area contributed by atoms with Crippen molar-refractivity contribution in [2.75, 3.05) is 33.7 Å². The summed E-state index contributed by atoms with van der Waals surface area (Å²) >= 11 is 0. The molecule has 0 amide bonds. The Morgan fingerprint density at radius 2 is 2.35 bits per heavy atom. The van der Waals surface area contributed by atoms with Crippen LogP contribution in [0.4, 0.5) is 0 Å². The first kappa shape index (κ1) is 12.6. The van der Waals surface area contributed by atoms with Gasteiger partial charge in [0.05, 0.1) is 6.26 Å². The Bertz CT molecular complexity index is 327. The van der Waals surface area contributed by atoms with E-state index in [1.54, 1.807) is 6.26 Å². The van der Waals surface area contributed by atoms with E-state index in [-0.39, 0.29) is 6.04 Å². The van der Waals surface area contributed by atoms with Gasteiger partial charge in [-0.05, 0) is 26.2 Å². The molecule has 2 heterocycles. The molecule has 0 radical (unpaired) electrons. The summed E-state index contributed by atoms with van der Waals surface area (Å²) < 4.78 is 5.39. The van der Waals surface area contributed by atoms with Crippen LogP contribution in [0.25, 0.3) is 0 Å². The van der Waals surface area contributed by atoms with Crippen LogP contribution in [0, 0.1) is 0 Å². The molecule has 0 bridgehead atoms. The fourth-order valence-electron chi connectivity index (χ4n) is 2.43. The average Bonchev–Trinajstić information content (AvgIpc) is 2.82. The molecule has 0 aliphatic carbocycles. The number of nitrogens with zero attached hydrogens (tertiary/aromatic N) is 2. The molecule has 1 saturated heterocycles. The van der Waals surface area contributed by atoms with Gasteiger partial charge in [0, 0.05) is 38.1 Å². The third-order valence-electron chi connectivity index (χ3n) is 3.58. The fourth-order valence-corrected chi connectivity index (χ4v) is 2.43. The second-order valence-electron chi connectivity index (χ2n) is 4.87. The van der Waals surface area contributed by atoms with Crippen LogP contribution in [-0.2, 0) is 6.42 Å². The van der Waals surface area contributed by atoms with Crippen molar-refractivity contribution in [2.24, 2.45) is 5.84 Å². The predicted molar refractivity (Wildman–Crippen MR) is 67.4 cm³/mol. The number of hydrogen-bond acceptors (Lipinski definition) is 5. The van der Waals surface area contributed by atoms with Crippen molar-refractivity contribution in [1.82, 2.24) is 15.2 Å². The monoisotopic (exact) mass is 238 g/mol. The molecule has 2 unspecified atom stereocenters. The van der Waals surface area contributed by atoms with Gasteiger partial charge in [-0.3, -0.25) is 16.2 Å². The van der Waals surface area contributed by atoms with Crippen molar-refractivity contribution in [1.29, 1.82) is 0 Å². The topological polar surface area (TPSA) is 57.7 Å². The van der Waals surface area contributed by atoms with E-state index < -0.39 is 0 Å². The van der Waals surface area contributed by atoms with Crippen molar-refractivity contribution >= 4 is 0 Å². The van der Waals surface area contributed by atoms with E-state index in [4.69, 9.17) is 10.3 Å². The second-order valence-corrected chi connectivity index (χ2v) is 4.87. The number of hydrogen-bond donors (Lipinski definition) is 2. The lowest BCUT2D eigenvalue weighted by atomic mass is 10.0. The molecule has 0 aromatic carbocycles. The second kappa shape index (κ2) is 5.64. The zero-order valence-electron chi connectivity index (χ0n) is 10.6. The summed E-state index contributed by atoms with van der Waals surface area (Å²) in [6.07, 6.45) is 2.53. The number of likely N-dealkylation sites (N-methyl/N-ethyl adjacent to an activating group) is 2. The molecular weight excluding hydrogens is 216 g/mol. The zero-order chi connectivity index (χ0) is 12.3. The van der Waals surface area contributed by atoms with Crippen LogP contribution in [0.2, 0.25) is 0 Å². The van der Waals surface area contributed by atoms with Gasteiger partial charge in [0.15, 0.2) is 0 Å². The maximum Gasteiger partial charge on any atom is 0.105 e. The van der Waals surface area contributed by atoms with Crippen molar-refractivity contribution < 1.29 is 4.42 Å². The first-order valence-electron chi connectivity index (χ1n) is 6.08. The van der Waals surface area contributed by atoms with Gasteiger partial charge in [-0.2, -0.15) is 0 Å². The highest BCUT2D eigenvalue weighted by molar-refractivity contribution is 5.03. The van der Waals surface area contributed by atoms with Crippen LogP contribution in [-0.4, -0.2) is 55.6 Å². The standard InChI is InChI=1S/C12H22N4O/c1-15-5-6-16(2)12(9-15)11(14-13)8-10-4-3-7-17-10/h3-4,7,11-12,14H,5-6,8-9,13H2,1-2H3. The molecule has 5 heteroatoms. The molecule has 5 nitrogen and oxygen atoms in total. The first-order valence-corrected chi connectivity index (χ1v) is 6.08. The molecule has 17 heavy (non-hydrogen) atoms.